The molecule has 0 fully saturated rings. The van der Waals surface area contributed by atoms with Crippen LogP contribution in [0, 0.1) is 5.82 Å². The smallest absolute Gasteiger partial charge is 0.404 e. The van der Waals surface area contributed by atoms with Gasteiger partial charge in [-0.3, -0.25) is 0 Å². The van der Waals surface area contributed by atoms with Crippen molar-refractivity contribution in [2.24, 2.45) is 10.9 Å². The van der Waals surface area contributed by atoms with Gasteiger partial charge in [0.15, 0.2) is 0 Å². The van der Waals surface area contributed by atoms with Gasteiger partial charge in [-0.2, -0.15) is 0 Å². The zero-order valence-electron chi connectivity index (χ0n) is 9.22. The van der Waals surface area contributed by atoms with Gasteiger partial charge < -0.3 is 15.8 Å². The zero-order chi connectivity index (χ0) is 13.8. The molecule has 1 rings (SSSR count). The van der Waals surface area contributed by atoms with Crippen molar-refractivity contribution in [2.45, 2.75) is 4.90 Å². The number of carbonyl (C=O) groups is 1. The Morgan fingerprint density at radius 2 is 2.11 bits per heavy atom. The quantitative estimate of drug-likeness (QED) is 0.652. The number of rotatable bonds is 5. The van der Waals surface area contributed by atoms with Crippen LogP contribution < -0.4 is 16.2 Å². The van der Waals surface area contributed by atoms with E-state index < -0.39 is 21.9 Å². The highest BCUT2D eigenvalue weighted by Gasteiger charge is 2.11. The Morgan fingerprint density at radius 1 is 1.44 bits per heavy atom. The first-order valence-corrected chi connectivity index (χ1v) is 6.34. The number of ether oxygens (including phenoxy) is 1. The van der Waals surface area contributed by atoms with Crippen LogP contribution >= 0.6 is 0 Å². The molecule has 100 valence electrons. The summed E-state index contributed by atoms with van der Waals surface area (Å²) >= 11 is 0. The first-order chi connectivity index (χ1) is 8.30. The minimum Gasteiger partial charge on any atom is -0.448 e. The molecule has 1 amide bonds. The summed E-state index contributed by atoms with van der Waals surface area (Å²) in [5.74, 6) is -0.777. The van der Waals surface area contributed by atoms with Crippen molar-refractivity contribution < 1.29 is 22.3 Å². The summed E-state index contributed by atoms with van der Waals surface area (Å²) in [5, 5.41) is 7.45. The van der Waals surface area contributed by atoms with Crippen molar-refractivity contribution in [1.29, 1.82) is 0 Å². The molecule has 1 aromatic rings. The van der Waals surface area contributed by atoms with Crippen LogP contribution in [0.2, 0.25) is 0 Å². The van der Waals surface area contributed by atoms with E-state index in [2.05, 4.69) is 10.1 Å². The number of hydrogen-bond donors (Lipinski definition) is 3. The molecule has 9 heteroatoms. The molecule has 1 aromatic carbocycles. The van der Waals surface area contributed by atoms with E-state index in [4.69, 9.17) is 10.9 Å². The van der Waals surface area contributed by atoms with Crippen LogP contribution in [0.4, 0.5) is 14.9 Å². The average molecular weight is 277 g/mol. The third-order valence-corrected chi connectivity index (χ3v) is 2.84. The van der Waals surface area contributed by atoms with Crippen molar-refractivity contribution in [3.05, 3.63) is 24.0 Å². The Hall–Kier alpha value is -1.87. The van der Waals surface area contributed by atoms with Crippen molar-refractivity contribution in [1.82, 2.24) is 0 Å². The van der Waals surface area contributed by atoms with E-state index in [1.54, 1.807) is 0 Å². The maximum absolute atomic E-state index is 13.5. The predicted molar refractivity (Wildman–Crippen MR) is 61.8 cm³/mol. The molecule has 18 heavy (non-hydrogen) atoms. The lowest BCUT2D eigenvalue weighted by atomic mass is 10.3. The fraction of sp³-hybridized carbons (Fsp3) is 0.222. The number of primary amides is 1. The number of primary sulfonamides is 1. The molecular weight excluding hydrogens is 265 g/mol. The molecule has 0 saturated heterocycles. The van der Waals surface area contributed by atoms with Crippen LogP contribution in [0.15, 0.2) is 23.1 Å². The first kappa shape index (κ1) is 14.2. The van der Waals surface area contributed by atoms with Crippen LogP contribution in [0.3, 0.4) is 0 Å². The van der Waals surface area contributed by atoms with E-state index in [9.17, 15) is 17.6 Å². The normalized spacial score (nSPS) is 11.0. The number of sulfonamides is 1. The third-order valence-electron chi connectivity index (χ3n) is 1.93. The van der Waals surface area contributed by atoms with Crippen LogP contribution in [-0.4, -0.2) is 27.7 Å². The summed E-state index contributed by atoms with van der Waals surface area (Å²) < 4.78 is 39.8. The standard InChI is InChI=1S/C9H12FN3O4S/c10-7-5-6(18(12,15)16)1-2-8(7)13-3-4-17-9(11)14/h1-2,5,13H,3-4H2,(H2,11,14)(H2,12,15,16). The Balaban J connectivity index is 2.66. The second kappa shape index (κ2) is 5.65. The highest BCUT2D eigenvalue weighted by Crippen LogP contribution is 2.17. The molecule has 0 heterocycles. The van der Waals surface area contributed by atoms with Crippen molar-refractivity contribution in [3.63, 3.8) is 0 Å². The van der Waals surface area contributed by atoms with Crippen molar-refractivity contribution >= 4 is 21.8 Å². The number of anilines is 1. The van der Waals surface area contributed by atoms with E-state index in [1.165, 1.54) is 6.07 Å². The minimum atomic E-state index is -3.93. The average Bonchev–Trinajstić information content (AvgIpc) is 2.24. The third kappa shape index (κ3) is 4.18. The summed E-state index contributed by atoms with van der Waals surface area (Å²) in [6.07, 6.45) is -0.929. The van der Waals surface area contributed by atoms with E-state index in [0.29, 0.717) is 0 Å². The van der Waals surface area contributed by atoms with Gasteiger partial charge in [0.05, 0.1) is 10.6 Å². The van der Waals surface area contributed by atoms with E-state index >= 15 is 0 Å². The first-order valence-electron chi connectivity index (χ1n) is 4.79. The molecule has 0 spiro atoms. The molecule has 0 radical (unpaired) electrons. The summed E-state index contributed by atoms with van der Waals surface area (Å²) in [5.41, 5.74) is 4.79. The molecule has 7 nitrogen and oxygen atoms in total. The molecule has 0 saturated carbocycles. The maximum atomic E-state index is 13.5. The fourth-order valence-electron chi connectivity index (χ4n) is 1.15. The lowest BCUT2D eigenvalue weighted by Crippen LogP contribution is -2.19. The molecular formula is C9H12FN3O4S. The van der Waals surface area contributed by atoms with Crippen molar-refractivity contribution in [2.75, 3.05) is 18.5 Å². The molecule has 5 N–H and O–H groups in total. The molecule has 0 aliphatic carbocycles. The fourth-order valence-corrected chi connectivity index (χ4v) is 1.68. The molecule has 0 atom stereocenters. The van der Waals surface area contributed by atoms with Crippen molar-refractivity contribution in [3.8, 4) is 0 Å². The van der Waals surface area contributed by atoms with Gasteiger partial charge in [-0.15, -0.1) is 0 Å². The van der Waals surface area contributed by atoms with Crippen LogP contribution in [0.25, 0.3) is 0 Å². The summed E-state index contributed by atoms with van der Waals surface area (Å²) in [7, 11) is -3.93. The van der Waals surface area contributed by atoms with Gasteiger partial charge in [0.1, 0.15) is 12.4 Å². The number of amides is 1. The van der Waals surface area contributed by atoms with Gasteiger partial charge in [0, 0.05) is 6.54 Å². The second-order valence-corrected chi connectivity index (χ2v) is 4.84. The molecule has 0 aromatic heterocycles. The molecule has 0 aliphatic rings. The number of hydrogen-bond acceptors (Lipinski definition) is 5. The molecule has 0 bridgehead atoms. The van der Waals surface area contributed by atoms with Gasteiger partial charge in [0.2, 0.25) is 10.0 Å². The molecule has 0 unspecified atom stereocenters. The highest BCUT2D eigenvalue weighted by molar-refractivity contribution is 7.89. The van der Waals surface area contributed by atoms with Gasteiger partial charge in [-0.25, -0.2) is 22.7 Å². The van der Waals surface area contributed by atoms with Crippen LogP contribution in [-0.2, 0) is 14.8 Å². The summed E-state index contributed by atoms with van der Waals surface area (Å²) in [6, 6.07) is 3.18. The minimum absolute atomic E-state index is 0.0360. The number of halogens is 1. The van der Waals surface area contributed by atoms with Gasteiger partial charge >= 0.3 is 6.09 Å². The van der Waals surface area contributed by atoms with Gasteiger partial charge in [-0.05, 0) is 18.2 Å². The maximum Gasteiger partial charge on any atom is 0.404 e. The monoisotopic (exact) mass is 277 g/mol. The summed E-state index contributed by atoms with van der Waals surface area (Å²) in [6.45, 7) is 0.0975. The lowest BCUT2D eigenvalue weighted by molar-refractivity contribution is 0.161. The number of nitrogens with one attached hydrogen (secondary N) is 1. The SMILES string of the molecule is NC(=O)OCCNc1ccc(S(N)(=O)=O)cc1F. The Bertz CT molecular complexity index is 547. The van der Waals surface area contributed by atoms with Gasteiger partial charge in [-0.1, -0.05) is 0 Å². The van der Waals surface area contributed by atoms with E-state index in [1.807, 2.05) is 0 Å². The topological polar surface area (TPSA) is 125 Å². The van der Waals surface area contributed by atoms with E-state index in [0.717, 1.165) is 12.1 Å². The lowest BCUT2D eigenvalue weighted by Gasteiger charge is -2.08. The molecule has 0 aliphatic heterocycles. The number of nitrogens with two attached hydrogens (primary N) is 2. The Morgan fingerprint density at radius 3 is 2.61 bits per heavy atom. The highest BCUT2D eigenvalue weighted by atomic mass is 32.2. The van der Waals surface area contributed by atoms with Gasteiger partial charge in [0.25, 0.3) is 0 Å². The Kier molecular flexibility index (Phi) is 4.45. The van der Waals surface area contributed by atoms with Crippen LogP contribution in [0.5, 0.6) is 0 Å². The predicted octanol–water partition coefficient (Wildman–Crippen LogP) is -0.0197. The Labute approximate surface area is 103 Å². The second-order valence-electron chi connectivity index (χ2n) is 3.28. The summed E-state index contributed by atoms with van der Waals surface area (Å²) in [4.78, 5) is 9.93. The van der Waals surface area contributed by atoms with E-state index in [-0.39, 0.29) is 23.7 Å². The number of benzene rings is 1. The number of carbonyl (C=O) groups excluding carboxylic acids is 1. The zero-order valence-corrected chi connectivity index (χ0v) is 10.0. The van der Waals surface area contributed by atoms with Crippen LogP contribution in [0.1, 0.15) is 0 Å². The largest absolute Gasteiger partial charge is 0.448 e.